The number of sulfonamides is 1. The van der Waals surface area contributed by atoms with Crippen molar-refractivity contribution in [3.8, 4) is 11.1 Å². The molecule has 0 fully saturated rings. The summed E-state index contributed by atoms with van der Waals surface area (Å²) >= 11 is 10.9. The Hall–Kier alpha value is -1.78. The molecule has 2 rings (SSSR count). The largest absolute Gasteiger partial charge is 0.386 e. The number of benzene rings is 1. The molecule has 0 aliphatic rings. The molecule has 0 bridgehead atoms. The first-order chi connectivity index (χ1) is 13.6. The van der Waals surface area contributed by atoms with Crippen molar-refractivity contribution < 1.29 is 22.7 Å². The number of aliphatic hydroxyl groups is 1. The molecule has 1 aromatic carbocycles. The van der Waals surface area contributed by atoms with Gasteiger partial charge in [-0.25, -0.2) is 17.5 Å². The zero-order valence-corrected chi connectivity index (χ0v) is 17.7. The normalized spacial score (nSPS) is 13.9. The van der Waals surface area contributed by atoms with E-state index in [2.05, 4.69) is 15.0 Å². The van der Waals surface area contributed by atoms with Crippen LogP contribution in [0.2, 0.25) is 0 Å². The van der Waals surface area contributed by atoms with Crippen LogP contribution in [0.3, 0.4) is 0 Å². The number of alkyl halides is 3. The summed E-state index contributed by atoms with van der Waals surface area (Å²) < 4.78 is 37.8. The van der Waals surface area contributed by atoms with Crippen LogP contribution in [0.4, 0.5) is 4.39 Å². The summed E-state index contributed by atoms with van der Waals surface area (Å²) in [5.74, 6) is -0.789. The number of amides is 1. The molecule has 2 aromatic rings. The SMILES string of the molecule is CS(=O)(=O)NCc1ccc(-c2ccc(C(O)C(CF)NC(=O)C(Cl)Cl)cc2)cn1. The number of nitrogens with zero attached hydrogens (tertiary/aromatic N) is 1. The van der Waals surface area contributed by atoms with Gasteiger partial charge in [-0.2, -0.15) is 0 Å². The lowest BCUT2D eigenvalue weighted by atomic mass is 9.99. The van der Waals surface area contributed by atoms with Gasteiger partial charge in [-0.15, -0.1) is 0 Å². The first-order valence-electron chi connectivity index (χ1n) is 8.43. The van der Waals surface area contributed by atoms with E-state index in [-0.39, 0.29) is 6.54 Å². The van der Waals surface area contributed by atoms with Gasteiger partial charge in [-0.3, -0.25) is 9.78 Å². The lowest BCUT2D eigenvalue weighted by Gasteiger charge is -2.22. The number of hydrogen-bond donors (Lipinski definition) is 3. The highest BCUT2D eigenvalue weighted by molar-refractivity contribution is 7.88. The molecule has 0 spiro atoms. The van der Waals surface area contributed by atoms with Gasteiger partial charge in [-0.1, -0.05) is 53.5 Å². The van der Waals surface area contributed by atoms with Crippen LogP contribution in [-0.2, 0) is 21.4 Å². The molecule has 1 heterocycles. The number of carbonyl (C=O) groups is 1. The predicted molar refractivity (Wildman–Crippen MR) is 110 cm³/mol. The van der Waals surface area contributed by atoms with Gasteiger partial charge in [0.15, 0.2) is 4.84 Å². The van der Waals surface area contributed by atoms with Gasteiger partial charge < -0.3 is 10.4 Å². The van der Waals surface area contributed by atoms with E-state index in [1.807, 2.05) is 0 Å². The van der Waals surface area contributed by atoms with Crippen molar-refractivity contribution in [1.29, 1.82) is 0 Å². The summed E-state index contributed by atoms with van der Waals surface area (Å²) in [4.78, 5) is 14.4. The fraction of sp³-hybridized carbons (Fsp3) is 0.333. The molecule has 1 amide bonds. The monoisotopic (exact) mass is 463 g/mol. The van der Waals surface area contributed by atoms with Crippen molar-refractivity contribution >= 4 is 39.1 Å². The minimum absolute atomic E-state index is 0.0893. The van der Waals surface area contributed by atoms with Crippen molar-refractivity contribution in [3.05, 3.63) is 53.9 Å². The number of nitrogens with one attached hydrogen (secondary N) is 2. The van der Waals surface area contributed by atoms with E-state index in [4.69, 9.17) is 23.2 Å². The van der Waals surface area contributed by atoms with Gasteiger partial charge in [0.1, 0.15) is 12.8 Å². The summed E-state index contributed by atoms with van der Waals surface area (Å²) in [5, 5.41) is 12.6. The Bertz CT molecular complexity index is 925. The Kier molecular flexibility index (Phi) is 8.35. The number of carbonyl (C=O) groups excluding carboxylic acids is 1. The van der Waals surface area contributed by atoms with E-state index in [9.17, 15) is 22.7 Å². The van der Waals surface area contributed by atoms with Crippen molar-refractivity contribution in [2.45, 2.75) is 23.5 Å². The second-order valence-electron chi connectivity index (χ2n) is 6.27. The van der Waals surface area contributed by atoms with Crippen LogP contribution in [0.5, 0.6) is 0 Å². The maximum Gasteiger partial charge on any atom is 0.253 e. The molecule has 29 heavy (non-hydrogen) atoms. The molecule has 0 saturated heterocycles. The first kappa shape index (κ1) is 23.5. The number of hydrogen-bond acceptors (Lipinski definition) is 5. The number of pyridine rings is 1. The van der Waals surface area contributed by atoms with Crippen LogP contribution in [-0.4, -0.2) is 48.2 Å². The highest BCUT2D eigenvalue weighted by Crippen LogP contribution is 2.24. The fourth-order valence-electron chi connectivity index (χ4n) is 2.46. The number of rotatable bonds is 9. The predicted octanol–water partition coefficient (Wildman–Crippen LogP) is 2.09. The topological polar surface area (TPSA) is 108 Å². The minimum Gasteiger partial charge on any atom is -0.386 e. The Morgan fingerprint density at radius 2 is 1.79 bits per heavy atom. The molecule has 0 radical (unpaired) electrons. The molecule has 2 unspecified atom stereocenters. The third-order valence-corrected chi connectivity index (χ3v) is 5.06. The fourth-order valence-corrected chi connectivity index (χ4v) is 2.99. The van der Waals surface area contributed by atoms with Crippen molar-refractivity contribution in [1.82, 2.24) is 15.0 Å². The van der Waals surface area contributed by atoms with Crippen LogP contribution >= 0.6 is 23.2 Å². The summed E-state index contributed by atoms with van der Waals surface area (Å²) in [5.41, 5.74) is 2.53. The van der Waals surface area contributed by atoms with E-state index >= 15 is 0 Å². The Balaban J connectivity index is 2.08. The van der Waals surface area contributed by atoms with Crippen molar-refractivity contribution in [3.63, 3.8) is 0 Å². The molecule has 158 valence electrons. The molecular weight excluding hydrogens is 444 g/mol. The third-order valence-electron chi connectivity index (χ3n) is 4.00. The average Bonchev–Trinajstić information content (AvgIpc) is 2.69. The van der Waals surface area contributed by atoms with E-state index < -0.39 is 39.6 Å². The van der Waals surface area contributed by atoms with Crippen LogP contribution in [0.1, 0.15) is 17.4 Å². The van der Waals surface area contributed by atoms with E-state index in [1.54, 1.807) is 42.6 Å². The molecule has 11 heteroatoms. The second-order valence-corrected chi connectivity index (χ2v) is 9.20. The molecular formula is C18H20Cl2FN3O4S. The standard InChI is InChI=1S/C18H20Cl2FN3O4S/c1-29(27,28)23-10-14-7-6-13(9-22-14)11-2-4-12(5-3-11)16(25)15(8-21)24-18(26)17(19)20/h2-7,9,15-17,23,25H,8,10H2,1H3,(H,24,26). The Labute approximate surface area is 178 Å². The molecule has 1 aromatic heterocycles. The molecule has 0 aliphatic heterocycles. The summed E-state index contributed by atoms with van der Waals surface area (Å²) in [6, 6.07) is 8.93. The van der Waals surface area contributed by atoms with Crippen molar-refractivity contribution in [2.75, 3.05) is 12.9 Å². The number of aliphatic hydroxyl groups excluding tert-OH is 1. The molecule has 3 N–H and O–H groups in total. The van der Waals surface area contributed by atoms with E-state index in [1.165, 1.54) is 0 Å². The molecule has 2 atom stereocenters. The van der Waals surface area contributed by atoms with Crippen LogP contribution < -0.4 is 10.0 Å². The number of halogens is 3. The quantitative estimate of drug-likeness (QED) is 0.493. The lowest BCUT2D eigenvalue weighted by molar-refractivity contribution is -0.121. The van der Waals surface area contributed by atoms with Crippen LogP contribution in [0.25, 0.3) is 11.1 Å². The molecule has 0 aliphatic carbocycles. The first-order valence-corrected chi connectivity index (χ1v) is 11.2. The van der Waals surface area contributed by atoms with Crippen LogP contribution in [0.15, 0.2) is 42.6 Å². The smallest absolute Gasteiger partial charge is 0.253 e. The average molecular weight is 464 g/mol. The summed E-state index contributed by atoms with van der Waals surface area (Å²) in [6.45, 7) is -0.909. The minimum atomic E-state index is -3.30. The highest BCUT2D eigenvalue weighted by Gasteiger charge is 2.25. The molecule has 7 nitrogen and oxygen atoms in total. The van der Waals surface area contributed by atoms with Gasteiger partial charge >= 0.3 is 0 Å². The highest BCUT2D eigenvalue weighted by atomic mass is 35.5. The van der Waals surface area contributed by atoms with E-state index in [0.717, 1.165) is 17.4 Å². The maximum absolute atomic E-state index is 13.2. The van der Waals surface area contributed by atoms with Gasteiger partial charge in [0.05, 0.1) is 24.5 Å². The van der Waals surface area contributed by atoms with Gasteiger partial charge in [0.2, 0.25) is 10.0 Å². The maximum atomic E-state index is 13.2. The summed E-state index contributed by atoms with van der Waals surface area (Å²) in [6.07, 6.45) is 1.38. The Morgan fingerprint density at radius 1 is 1.17 bits per heavy atom. The lowest BCUT2D eigenvalue weighted by Crippen LogP contribution is -2.43. The van der Waals surface area contributed by atoms with Crippen molar-refractivity contribution in [2.24, 2.45) is 0 Å². The van der Waals surface area contributed by atoms with E-state index in [0.29, 0.717) is 11.3 Å². The molecule has 0 saturated carbocycles. The zero-order chi connectivity index (χ0) is 21.6. The third kappa shape index (κ3) is 7.20. The number of aromatic nitrogens is 1. The van der Waals surface area contributed by atoms with Gasteiger partial charge in [-0.05, 0) is 17.2 Å². The summed E-state index contributed by atoms with van der Waals surface area (Å²) in [7, 11) is -3.30. The second kappa shape index (κ2) is 10.3. The Morgan fingerprint density at radius 3 is 2.28 bits per heavy atom. The van der Waals surface area contributed by atoms with Gasteiger partial charge in [0.25, 0.3) is 5.91 Å². The van der Waals surface area contributed by atoms with Crippen LogP contribution in [0, 0.1) is 0 Å². The zero-order valence-electron chi connectivity index (χ0n) is 15.3. The van der Waals surface area contributed by atoms with Gasteiger partial charge in [0, 0.05) is 11.8 Å².